The smallest absolute Gasteiger partial charge is 0.0950 e. The van der Waals surface area contributed by atoms with E-state index in [4.69, 9.17) is 4.74 Å². The molecule has 1 aliphatic rings. The van der Waals surface area contributed by atoms with Crippen molar-refractivity contribution in [2.45, 2.75) is 57.3 Å². The summed E-state index contributed by atoms with van der Waals surface area (Å²) in [6, 6.07) is 8.90. The van der Waals surface area contributed by atoms with E-state index < -0.39 is 13.7 Å². The maximum absolute atomic E-state index is 12.1. The number of piperidine rings is 1. The van der Waals surface area contributed by atoms with Crippen molar-refractivity contribution in [2.75, 3.05) is 26.8 Å². The first kappa shape index (κ1) is 21.0. The summed E-state index contributed by atoms with van der Waals surface area (Å²) in [4.78, 5) is 0. The maximum atomic E-state index is 12.1. The Balaban J connectivity index is 2.01. The lowest BCUT2D eigenvalue weighted by molar-refractivity contribution is -0.0420. The molecule has 3 nitrogen and oxygen atoms in total. The fourth-order valence-electron chi connectivity index (χ4n) is 4.23. The van der Waals surface area contributed by atoms with Crippen molar-refractivity contribution in [1.82, 2.24) is 5.32 Å². The first-order valence-electron chi connectivity index (χ1n) is 10.3. The van der Waals surface area contributed by atoms with Gasteiger partial charge in [0.2, 0.25) is 0 Å². The largest absolute Gasteiger partial charge is 0.385 e. The minimum Gasteiger partial charge on any atom is -0.385 e. The average molecular weight is 406 g/mol. The Morgan fingerprint density at radius 2 is 2.11 bits per heavy atom. The van der Waals surface area contributed by atoms with E-state index in [2.05, 4.69) is 49.2 Å². The van der Waals surface area contributed by atoms with Crippen LogP contribution in [0.3, 0.4) is 0 Å². The third kappa shape index (κ3) is 4.65. The van der Waals surface area contributed by atoms with E-state index in [0.29, 0.717) is 0 Å². The van der Waals surface area contributed by atoms with Crippen molar-refractivity contribution in [3.63, 3.8) is 0 Å². The molecular formula is C22H35NO2SSi. The van der Waals surface area contributed by atoms with Crippen LogP contribution >= 0.6 is 11.3 Å². The third-order valence-corrected chi connectivity index (χ3v) is 10.6. The zero-order chi connectivity index (χ0) is 19.5. The molecule has 27 heavy (non-hydrogen) atoms. The Hall–Kier alpha value is -0.723. The highest BCUT2D eigenvalue weighted by molar-refractivity contribution is 7.31. The Labute approximate surface area is 169 Å². The summed E-state index contributed by atoms with van der Waals surface area (Å²) < 4.78 is 8.05. The summed E-state index contributed by atoms with van der Waals surface area (Å²) in [6.07, 6.45) is 5.03. The minimum absolute atomic E-state index is 0.275. The molecule has 1 aromatic heterocycles. The Bertz CT molecular complexity index is 748. The monoisotopic (exact) mass is 405 g/mol. The van der Waals surface area contributed by atoms with Gasteiger partial charge in [0.1, 0.15) is 0 Å². The number of unbranched alkanes of at least 4 members (excludes halogenated alkanes) is 1. The SMILES string of the molecule is COCCCC[C@@](O)(c1cccc2cc([Si](C)(C)C)sc12)C1CCCNC1. The van der Waals surface area contributed by atoms with Crippen LogP contribution in [0, 0.1) is 5.92 Å². The predicted molar refractivity (Wildman–Crippen MR) is 120 cm³/mol. The molecule has 2 aromatic rings. The molecule has 3 rings (SSSR count). The summed E-state index contributed by atoms with van der Waals surface area (Å²) in [6.45, 7) is 9.95. The number of methoxy groups -OCH3 is 1. The van der Waals surface area contributed by atoms with Crippen LogP contribution in [0.2, 0.25) is 19.6 Å². The molecule has 1 unspecified atom stereocenters. The fraction of sp³-hybridized carbons (Fsp3) is 0.636. The van der Waals surface area contributed by atoms with Crippen LogP contribution in [0.15, 0.2) is 24.3 Å². The van der Waals surface area contributed by atoms with Crippen molar-refractivity contribution >= 4 is 34.0 Å². The first-order valence-corrected chi connectivity index (χ1v) is 14.6. The number of hydrogen-bond acceptors (Lipinski definition) is 4. The van der Waals surface area contributed by atoms with Crippen LogP contribution in [-0.2, 0) is 10.3 Å². The van der Waals surface area contributed by atoms with Gasteiger partial charge in [0.25, 0.3) is 0 Å². The lowest BCUT2D eigenvalue weighted by Crippen LogP contribution is -2.44. The van der Waals surface area contributed by atoms with Crippen LogP contribution in [0.1, 0.15) is 37.7 Å². The van der Waals surface area contributed by atoms with Crippen LogP contribution in [-0.4, -0.2) is 40.0 Å². The number of ether oxygens (including phenoxy) is 1. The molecule has 2 N–H and O–H groups in total. The molecule has 0 spiro atoms. The van der Waals surface area contributed by atoms with Gasteiger partial charge in [0.15, 0.2) is 0 Å². The molecule has 5 heteroatoms. The van der Waals surface area contributed by atoms with E-state index in [1.54, 1.807) is 7.11 Å². The third-order valence-electron chi connectivity index (χ3n) is 5.88. The number of nitrogens with one attached hydrogen (secondary N) is 1. The second kappa shape index (κ2) is 8.74. The average Bonchev–Trinajstić information content (AvgIpc) is 3.10. The lowest BCUT2D eigenvalue weighted by atomic mass is 9.74. The molecule has 1 fully saturated rings. The highest BCUT2D eigenvalue weighted by atomic mass is 32.1. The molecule has 0 radical (unpaired) electrons. The van der Waals surface area contributed by atoms with Gasteiger partial charge < -0.3 is 15.2 Å². The number of hydrogen-bond donors (Lipinski definition) is 2. The predicted octanol–water partition coefficient (Wildman–Crippen LogP) is 4.45. The quantitative estimate of drug-likeness (QED) is 0.503. The van der Waals surface area contributed by atoms with Crippen LogP contribution in [0.25, 0.3) is 10.1 Å². The number of benzene rings is 1. The van der Waals surface area contributed by atoms with Crippen LogP contribution in [0.4, 0.5) is 0 Å². The highest BCUT2D eigenvalue weighted by Crippen LogP contribution is 2.42. The van der Waals surface area contributed by atoms with Crippen molar-refractivity contribution < 1.29 is 9.84 Å². The lowest BCUT2D eigenvalue weighted by Gasteiger charge is -2.39. The number of aliphatic hydroxyl groups is 1. The molecule has 0 bridgehead atoms. The second-order valence-corrected chi connectivity index (χ2v) is 15.5. The Morgan fingerprint density at radius 1 is 1.30 bits per heavy atom. The van der Waals surface area contributed by atoms with Crippen LogP contribution in [0.5, 0.6) is 0 Å². The van der Waals surface area contributed by atoms with Gasteiger partial charge in [-0.25, -0.2) is 0 Å². The topological polar surface area (TPSA) is 41.5 Å². The Morgan fingerprint density at radius 3 is 2.78 bits per heavy atom. The van der Waals surface area contributed by atoms with Gasteiger partial charge in [-0.15, -0.1) is 11.3 Å². The minimum atomic E-state index is -1.37. The van der Waals surface area contributed by atoms with E-state index in [-0.39, 0.29) is 5.92 Å². The standard InChI is InChI=1S/C22H35NO2SSi/c1-25-14-6-5-12-22(24,18-10-8-13-23-16-18)19-11-7-9-17-15-20(26-21(17)19)27(2,3)4/h7,9,11,15,18,23-24H,5-6,8,10,12-14,16H2,1-4H3/t18?,22-/m0/s1. The van der Waals surface area contributed by atoms with Gasteiger partial charge in [-0.3, -0.25) is 0 Å². The molecule has 1 aliphatic heterocycles. The summed E-state index contributed by atoms with van der Waals surface area (Å²) >= 11 is 1.92. The van der Waals surface area contributed by atoms with Crippen LogP contribution < -0.4 is 9.82 Å². The molecule has 0 aliphatic carbocycles. The molecule has 0 saturated carbocycles. The van der Waals surface area contributed by atoms with Gasteiger partial charge in [0, 0.05) is 36.4 Å². The van der Waals surface area contributed by atoms with Crippen molar-refractivity contribution in [3.8, 4) is 0 Å². The van der Waals surface area contributed by atoms with Gasteiger partial charge in [0.05, 0.1) is 13.7 Å². The maximum Gasteiger partial charge on any atom is 0.0950 e. The Kier molecular flexibility index (Phi) is 6.80. The van der Waals surface area contributed by atoms with E-state index >= 15 is 0 Å². The first-order chi connectivity index (χ1) is 12.9. The molecule has 1 saturated heterocycles. The summed E-state index contributed by atoms with van der Waals surface area (Å²) in [5.74, 6) is 0.275. The number of rotatable bonds is 8. The van der Waals surface area contributed by atoms with Crippen molar-refractivity contribution in [2.24, 2.45) is 5.92 Å². The van der Waals surface area contributed by atoms with Gasteiger partial charge in [-0.05, 0) is 54.6 Å². The van der Waals surface area contributed by atoms with Crippen molar-refractivity contribution in [1.29, 1.82) is 0 Å². The molecular weight excluding hydrogens is 370 g/mol. The van der Waals surface area contributed by atoms with Crippen molar-refractivity contribution in [3.05, 3.63) is 29.8 Å². The molecule has 2 atom stereocenters. The van der Waals surface area contributed by atoms with Gasteiger partial charge in [-0.1, -0.05) is 37.8 Å². The highest BCUT2D eigenvalue weighted by Gasteiger charge is 2.40. The van der Waals surface area contributed by atoms with E-state index in [1.165, 1.54) is 14.6 Å². The van der Waals surface area contributed by atoms with Gasteiger partial charge >= 0.3 is 0 Å². The second-order valence-electron chi connectivity index (χ2n) is 9.00. The summed E-state index contributed by atoms with van der Waals surface area (Å²) in [5.41, 5.74) is 0.392. The normalized spacial score (nSPS) is 20.7. The van der Waals surface area contributed by atoms with E-state index in [0.717, 1.165) is 57.4 Å². The number of thiophene rings is 1. The summed E-state index contributed by atoms with van der Waals surface area (Å²) in [7, 11) is 0.385. The zero-order valence-corrected chi connectivity index (χ0v) is 19.1. The molecule has 1 aromatic carbocycles. The zero-order valence-electron chi connectivity index (χ0n) is 17.3. The molecule has 2 heterocycles. The van der Waals surface area contributed by atoms with E-state index in [9.17, 15) is 5.11 Å². The fourth-order valence-corrected chi connectivity index (χ4v) is 7.36. The number of fused-ring (bicyclic) bond motifs is 1. The van der Waals surface area contributed by atoms with E-state index in [1.807, 2.05) is 11.3 Å². The molecule has 0 amide bonds. The van der Waals surface area contributed by atoms with Gasteiger partial charge in [-0.2, -0.15) is 0 Å². The summed E-state index contributed by atoms with van der Waals surface area (Å²) in [5, 5.41) is 16.9. The molecule has 150 valence electrons.